The summed E-state index contributed by atoms with van der Waals surface area (Å²) in [5.41, 5.74) is 5.27. The summed E-state index contributed by atoms with van der Waals surface area (Å²) in [7, 11) is 3.17. The molecule has 12 nitrogen and oxygen atoms in total. The molecule has 0 atom stereocenters. The third-order valence-electron chi connectivity index (χ3n) is 8.36. The van der Waals surface area contributed by atoms with E-state index in [-0.39, 0.29) is 23.4 Å². The van der Waals surface area contributed by atoms with E-state index >= 15 is 0 Å². The van der Waals surface area contributed by atoms with E-state index in [2.05, 4.69) is 50.9 Å². The first-order valence-electron chi connectivity index (χ1n) is 15.5. The summed E-state index contributed by atoms with van der Waals surface area (Å²) >= 11 is 0. The van der Waals surface area contributed by atoms with Crippen molar-refractivity contribution in [3.63, 3.8) is 0 Å². The molecule has 1 aliphatic carbocycles. The first-order chi connectivity index (χ1) is 21.7. The standard InChI is InChI=1S/C33H43N9O3/c1-21-15-39-41-30(21)31-25(33(2,3)4)18-35-27(40-31)14-22-9-11-24(12-10-22)42(29(43)8-7-13-44-5)28-20-34-26(19-36-28)23-16-37-32(45-6)38-17-23/h15-20,22,24H,7-14H2,1-6H3,(H,39,41). The van der Waals surface area contributed by atoms with Crippen molar-refractivity contribution in [1.29, 1.82) is 0 Å². The molecule has 0 unspecified atom stereocenters. The van der Waals surface area contributed by atoms with Gasteiger partial charge in [0.25, 0.3) is 0 Å². The maximum Gasteiger partial charge on any atom is 0.316 e. The number of amides is 1. The second kappa shape index (κ2) is 14.2. The van der Waals surface area contributed by atoms with Crippen molar-refractivity contribution in [2.45, 2.75) is 84.1 Å². The number of nitrogens with zero attached hydrogens (tertiary/aromatic N) is 8. The summed E-state index contributed by atoms with van der Waals surface area (Å²) in [6.45, 7) is 9.10. The highest BCUT2D eigenvalue weighted by molar-refractivity contribution is 5.93. The molecule has 4 aromatic heterocycles. The summed E-state index contributed by atoms with van der Waals surface area (Å²) in [5, 5.41) is 7.37. The van der Waals surface area contributed by atoms with Gasteiger partial charge in [0.2, 0.25) is 5.91 Å². The Hall–Kier alpha value is -4.32. The van der Waals surface area contributed by atoms with Crippen molar-refractivity contribution in [3.05, 3.63) is 54.1 Å². The van der Waals surface area contributed by atoms with Crippen LogP contribution in [0.5, 0.6) is 6.01 Å². The van der Waals surface area contributed by atoms with E-state index in [9.17, 15) is 4.79 Å². The van der Waals surface area contributed by atoms with Crippen LogP contribution < -0.4 is 9.64 Å². The van der Waals surface area contributed by atoms with Crippen LogP contribution in [0, 0.1) is 12.8 Å². The van der Waals surface area contributed by atoms with Crippen molar-refractivity contribution in [2.75, 3.05) is 25.7 Å². The molecule has 0 radical (unpaired) electrons. The molecule has 45 heavy (non-hydrogen) atoms. The number of hydrogen-bond donors (Lipinski definition) is 1. The molecule has 238 valence electrons. The normalized spacial score (nSPS) is 16.8. The van der Waals surface area contributed by atoms with Crippen LogP contribution in [-0.4, -0.2) is 72.9 Å². The van der Waals surface area contributed by atoms with Gasteiger partial charge < -0.3 is 9.47 Å². The summed E-state index contributed by atoms with van der Waals surface area (Å²) in [6.07, 6.45) is 15.9. The molecule has 1 aliphatic rings. The van der Waals surface area contributed by atoms with Gasteiger partial charge in [-0.25, -0.2) is 24.9 Å². The molecule has 12 heteroatoms. The van der Waals surface area contributed by atoms with Crippen molar-refractivity contribution in [1.82, 2.24) is 40.1 Å². The van der Waals surface area contributed by atoms with Gasteiger partial charge in [-0.1, -0.05) is 20.8 Å². The average Bonchev–Trinajstić information content (AvgIpc) is 3.47. The number of ether oxygens (including phenoxy) is 2. The molecule has 1 saturated carbocycles. The zero-order chi connectivity index (χ0) is 32.0. The third-order valence-corrected chi connectivity index (χ3v) is 8.36. The Morgan fingerprint density at radius 2 is 1.71 bits per heavy atom. The first-order valence-corrected chi connectivity index (χ1v) is 15.5. The topological polar surface area (TPSA) is 145 Å². The van der Waals surface area contributed by atoms with E-state index in [0.29, 0.717) is 36.9 Å². The average molecular weight is 614 g/mol. The maximum absolute atomic E-state index is 13.5. The molecule has 0 aromatic carbocycles. The molecule has 5 rings (SSSR count). The number of hydrogen-bond acceptors (Lipinski definition) is 10. The number of aryl methyl sites for hydroxylation is 1. The minimum Gasteiger partial charge on any atom is -0.467 e. The maximum atomic E-state index is 13.5. The molecule has 4 heterocycles. The Bertz CT molecular complexity index is 1560. The summed E-state index contributed by atoms with van der Waals surface area (Å²) in [6, 6.07) is 0.321. The van der Waals surface area contributed by atoms with Gasteiger partial charge >= 0.3 is 6.01 Å². The third kappa shape index (κ3) is 7.67. The lowest BCUT2D eigenvalue weighted by Crippen LogP contribution is -2.43. The number of carbonyl (C=O) groups is 1. The molecule has 0 saturated heterocycles. The van der Waals surface area contributed by atoms with Crippen LogP contribution in [0.25, 0.3) is 22.6 Å². The highest BCUT2D eigenvalue weighted by atomic mass is 16.5. The van der Waals surface area contributed by atoms with Crippen molar-refractivity contribution in [2.24, 2.45) is 5.92 Å². The van der Waals surface area contributed by atoms with E-state index in [1.165, 1.54) is 7.11 Å². The van der Waals surface area contributed by atoms with Crippen LogP contribution in [0.3, 0.4) is 0 Å². The van der Waals surface area contributed by atoms with E-state index in [1.54, 1.807) is 31.9 Å². The monoisotopic (exact) mass is 613 g/mol. The number of H-pyrrole nitrogens is 1. The Morgan fingerprint density at radius 1 is 0.956 bits per heavy atom. The molecule has 4 aromatic rings. The number of carbonyl (C=O) groups excluding carboxylic acids is 1. The molecular formula is C33H43N9O3. The number of anilines is 1. The zero-order valence-corrected chi connectivity index (χ0v) is 27.1. The fourth-order valence-electron chi connectivity index (χ4n) is 5.86. The molecular weight excluding hydrogens is 570 g/mol. The van der Waals surface area contributed by atoms with E-state index in [4.69, 9.17) is 19.4 Å². The SMILES string of the molecule is COCCCC(=O)N(c1cnc(-c2cnc(OC)nc2)cn1)C1CCC(Cc2ncc(C(C)(C)C)c(-c3[nH]ncc3C)n2)CC1. The van der Waals surface area contributed by atoms with Crippen LogP contribution in [0.4, 0.5) is 5.82 Å². The summed E-state index contributed by atoms with van der Waals surface area (Å²) in [4.78, 5) is 42.8. The van der Waals surface area contributed by atoms with Crippen molar-refractivity contribution >= 4 is 11.7 Å². The molecule has 0 spiro atoms. The lowest BCUT2D eigenvalue weighted by atomic mass is 9.82. The summed E-state index contributed by atoms with van der Waals surface area (Å²) < 4.78 is 10.3. The van der Waals surface area contributed by atoms with Gasteiger partial charge in [-0.3, -0.25) is 19.8 Å². The smallest absolute Gasteiger partial charge is 0.316 e. The van der Waals surface area contributed by atoms with Crippen molar-refractivity contribution in [3.8, 4) is 28.7 Å². The molecule has 0 bridgehead atoms. The predicted octanol–water partition coefficient (Wildman–Crippen LogP) is 5.29. The van der Waals surface area contributed by atoms with Gasteiger partial charge in [0.05, 0.1) is 42.8 Å². The Labute approximate surface area is 264 Å². The van der Waals surface area contributed by atoms with Gasteiger partial charge in [-0.2, -0.15) is 5.10 Å². The molecule has 1 amide bonds. The highest BCUT2D eigenvalue weighted by Gasteiger charge is 2.32. The van der Waals surface area contributed by atoms with Crippen molar-refractivity contribution < 1.29 is 14.3 Å². The lowest BCUT2D eigenvalue weighted by Gasteiger charge is -2.36. The first kappa shape index (κ1) is 32.1. The van der Waals surface area contributed by atoms with Crippen LogP contribution in [0.1, 0.15) is 76.2 Å². The quantitative estimate of drug-likeness (QED) is 0.222. The van der Waals surface area contributed by atoms with Gasteiger partial charge in [0.1, 0.15) is 5.82 Å². The number of methoxy groups -OCH3 is 2. The lowest BCUT2D eigenvalue weighted by molar-refractivity contribution is -0.119. The second-order valence-electron chi connectivity index (χ2n) is 12.7. The fraction of sp³-hybridized carbons (Fsp3) is 0.515. The van der Waals surface area contributed by atoms with Gasteiger partial charge in [0, 0.05) is 62.3 Å². The Morgan fingerprint density at radius 3 is 2.31 bits per heavy atom. The zero-order valence-electron chi connectivity index (χ0n) is 27.1. The van der Waals surface area contributed by atoms with Crippen LogP contribution in [0.2, 0.25) is 0 Å². The predicted molar refractivity (Wildman–Crippen MR) is 171 cm³/mol. The number of aromatic nitrogens is 8. The minimum absolute atomic E-state index is 0.0333. The Kier molecular flexibility index (Phi) is 10.1. The number of rotatable bonds is 11. The van der Waals surface area contributed by atoms with Gasteiger partial charge in [-0.15, -0.1) is 0 Å². The minimum atomic E-state index is -0.105. The number of nitrogens with one attached hydrogen (secondary N) is 1. The van der Waals surface area contributed by atoms with Crippen LogP contribution in [-0.2, 0) is 21.4 Å². The largest absolute Gasteiger partial charge is 0.467 e. The van der Waals surface area contributed by atoms with E-state index in [0.717, 1.165) is 66.0 Å². The number of aromatic amines is 1. The van der Waals surface area contributed by atoms with E-state index < -0.39 is 0 Å². The summed E-state index contributed by atoms with van der Waals surface area (Å²) in [5.74, 6) is 1.85. The molecule has 1 fully saturated rings. The second-order valence-corrected chi connectivity index (χ2v) is 12.7. The van der Waals surface area contributed by atoms with Crippen LogP contribution >= 0.6 is 0 Å². The highest BCUT2D eigenvalue weighted by Crippen LogP contribution is 2.35. The molecule has 1 N–H and O–H groups in total. The van der Waals surface area contributed by atoms with Gasteiger partial charge in [-0.05, 0) is 55.9 Å². The molecule has 0 aliphatic heterocycles. The Balaban J connectivity index is 1.30. The van der Waals surface area contributed by atoms with Gasteiger partial charge in [0.15, 0.2) is 5.82 Å². The fourth-order valence-corrected chi connectivity index (χ4v) is 5.86. The van der Waals surface area contributed by atoms with Crippen LogP contribution in [0.15, 0.2) is 37.2 Å². The van der Waals surface area contributed by atoms with E-state index in [1.807, 2.05) is 24.2 Å².